The van der Waals surface area contributed by atoms with Crippen molar-refractivity contribution in [3.05, 3.63) is 41.0 Å². The van der Waals surface area contributed by atoms with Gasteiger partial charge in [0, 0.05) is 18.5 Å². The SMILES string of the molecule is CC=C(OC(=NC)C1CCNCC1)c1ccc2c(c1)C(C)(C)CCC2(C)C. The fourth-order valence-electron chi connectivity index (χ4n) is 4.52. The zero-order chi connectivity index (χ0) is 19.7. The fraction of sp³-hybridized carbons (Fsp3) is 0.625. The Hall–Kier alpha value is -1.61. The molecule has 0 amide bonds. The first-order valence-corrected chi connectivity index (χ1v) is 10.5. The summed E-state index contributed by atoms with van der Waals surface area (Å²) in [6.45, 7) is 13.6. The van der Waals surface area contributed by atoms with E-state index in [0.29, 0.717) is 5.92 Å². The molecule has 0 radical (unpaired) electrons. The molecule has 1 aromatic rings. The number of nitrogens with one attached hydrogen (secondary N) is 1. The van der Waals surface area contributed by atoms with E-state index < -0.39 is 0 Å². The molecule has 0 unspecified atom stereocenters. The lowest BCUT2D eigenvalue weighted by molar-refractivity contribution is 0.331. The van der Waals surface area contributed by atoms with Crippen molar-refractivity contribution in [1.29, 1.82) is 0 Å². The van der Waals surface area contributed by atoms with Crippen molar-refractivity contribution in [3.8, 4) is 0 Å². The largest absolute Gasteiger partial charge is 0.443 e. The van der Waals surface area contributed by atoms with Gasteiger partial charge in [-0.3, -0.25) is 4.99 Å². The number of benzene rings is 1. The maximum atomic E-state index is 6.37. The highest BCUT2D eigenvalue weighted by atomic mass is 16.5. The quantitative estimate of drug-likeness (QED) is 0.438. The molecule has 0 spiro atoms. The molecule has 0 atom stereocenters. The van der Waals surface area contributed by atoms with Gasteiger partial charge in [-0.05, 0) is 79.8 Å². The minimum absolute atomic E-state index is 0.205. The molecule has 1 aliphatic carbocycles. The van der Waals surface area contributed by atoms with Gasteiger partial charge in [0.05, 0.1) is 0 Å². The molecule has 1 N–H and O–H groups in total. The predicted molar refractivity (Wildman–Crippen MR) is 115 cm³/mol. The zero-order valence-electron chi connectivity index (χ0n) is 18.0. The molecule has 2 aliphatic rings. The van der Waals surface area contributed by atoms with Gasteiger partial charge < -0.3 is 10.1 Å². The van der Waals surface area contributed by atoms with Crippen LogP contribution in [0, 0.1) is 5.92 Å². The average molecular weight is 369 g/mol. The van der Waals surface area contributed by atoms with Crippen LogP contribution in [0.1, 0.15) is 77.0 Å². The first-order chi connectivity index (χ1) is 12.8. The maximum Gasteiger partial charge on any atom is 0.193 e. The van der Waals surface area contributed by atoms with Crippen LogP contribution < -0.4 is 5.32 Å². The predicted octanol–water partition coefficient (Wildman–Crippen LogP) is 5.44. The van der Waals surface area contributed by atoms with E-state index in [9.17, 15) is 0 Å². The van der Waals surface area contributed by atoms with Crippen LogP contribution in [0.2, 0.25) is 0 Å². The molecular weight excluding hydrogens is 332 g/mol. The summed E-state index contributed by atoms with van der Waals surface area (Å²) in [5.41, 5.74) is 4.57. The van der Waals surface area contributed by atoms with Gasteiger partial charge in [-0.25, -0.2) is 0 Å². The summed E-state index contributed by atoms with van der Waals surface area (Å²) in [6, 6.07) is 6.92. The summed E-state index contributed by atoms with van der Waals surface area (Å²) in [4.78, 5) is 4.49. The van der Waals surface area contributed by atoms with Gasteiger partial charge in [-0.2, -0.15) is 0 Å². The fourth-order valence-corrected chi connectivity index (χ4v) is 4.52. The van der Waals surface area contributed by atoms with Gasteiger partial charge in [-0.1, -0.05) is 39.8 Å². The Labute approximate surface area is 165 Å². The number of nitrogens with zero attached hydrogens (tertiary/aromatic N) is 1. The van der Waals surface area contributed by atoms with E-state index in [0.717, 1.165) is 43.2 Å². The highest BCUT2D eigenvalue weighted by molar-refractivity contribution is 5.84. The Morgan fingerprint density at radius 1 is 1.07 bits per heavy atom. The molecule has 1 aliphatic heterocycles. The Morgan fingerprint density at radius 2 is 1.70 bits per heavy atom. The Bertz CT molecular complexity index is 737. The van der Waals surface area contributed by atoms with Crippen LogP contribution in [0.4, 0.5) is 0 Å². The summed E-state index contributed by atoms with van der Waals surface area (Å²) >= 11 is 0. The van der Waals surface area contributed by atoms with Gasteiger partial charge in [0.25, 0.3) is 0 Å². The number of hydrogen-bond acceptors (Lipinski definition) is 3. The summed E-state index contributed by atoms with van der Waals surface area (Å²) in [7, 11) is 1.85. The molecule has 1 fully saturated rings. The van der Waals surface area contributed by atoms with Gasteiger partial charge in [-0.15, -0.1) is 0 Å². The second-order valence-corrected chi connectivity index (χ2v) is 9.37. The number of ether oxygens (including phenoxy) is 1. The van der Waals surface area contributed by atoms with Gasteiger partial charge in [0.2, 0.25) is 0 Å². The van der Waals surface area contributed by atoms with Crippen LogP contribution in [0.15, 0.2) is 29.3 Å². The average Bonchev–Trinajstić information content (AvgIpc) is 2.67. The van der Waals surface area contributed by atoms with Gasteiger partial charge in [0.15, 0.2) is 5.90 Å². The van der Waals surface area contributed by atoms with Crippen molar-refractivity contribution in [2.24, 2.45) is 10.9 Å². The third-order valence-corrected chi connectivity index (χ3v) is 6.52. The van der Waals surface area contributed by atoms with E-state index in [1.165, 1.54) is 24.0 Å². The molecule has 3 heteroatoms. The number of hydrogen-bond donors (Lipinski definition) is 1. The number of piperidine rings is 1. The van der Waals surface area contributed by atoms with Gasteiger partial charge in [0.1, 0.15) is 5.76 Å². The van der Waals surface area contributed by atoms with E-state index in [2.05, 4.69) is 69.2 Å². The van der Waals surface area contributed by atoms with Crippen LogP contribution in [0.25, 0.3) is 5.76 Å². The van der Waals surface area contributed by atoms with Crippen LogP contribution in [0.3, 0.4) is 0 Å². The molecule has 1 heterocycles. The third kappa shape index (κ3) is 4.13. The van der Waals surface area contributed by atoms with Crippen LogP contribution in [-0.4, -0.2) is 26.0 Å². The van der Waals surface area contributed by atoms with Crippen LogP contribution in [0.5, 0.6) is 0 Å². The van der Waals surface area contributed by atoms with E-state index in [1.807, 2.05) is 7.05 Å². The zero-order valence-corrected chi connectivity index (χ0v) is 18.0. The lowest BCUT2D eigenvalue weighted by Crippen LogP contribution is -2.34. The third-order valence-electron chi connectivity index (χ3n) is 6.52. The molecule has 3 rings (SSSR count). The van der Waals surface area contributed by atoms with Crippen molar-refractivity contribution in [2.45, 2.75) is 71.1 Å². The number of fused-ring (bicyclic) bond motifs is 1. The number of rotatable bonds is 3. The summed E-state index contributed by atoms with van der Waals surface area (Å²) in [5, 5.41) is 3.42. The molecule has 3 nitrogen and oxygen atoms in total. The highest BCUT2D eigenvalue weighted by Crippen LogP contribution is 2.46. The Balaban J connectivity index is 1.90. The lowest BCUT2D eigenvalue weighted by Gasteiger charge is -2.42. The standard InChI is InChI=1S/C24H36N2O/c1-7-21(27-22(25-6)17-10-14-26-15-11-17)18-8-9-19-20(16-18)24(4,5)13-12-23(19,2)3/h7-9,16-17,26H,10-15H2,1-6H3. The maximum absolute atomic E-state index is 6.37. The monoisotopic (exact) mass is 368 g/mol. The molecule has 1 aromatic carbocycles. The molecular formula is C24H36N2O. The van der Waals surface area contributed by atoms with E-state index >= 15 is 0 Å². The van der Waals surface area contributed by atoms with Crippen molar-refractivity contribution in [2.75, 3.05) is 20.1 Å². The second kappa shape index (κ2) is 7.79. The van der Waals surface area contributed by atoms with Crippen LogP contribution in [-0.2, 0) is 15.6 Å². The first-order valence-electron chi connectivity index (χ1n) is 10.5. The first kappa shape index (κ1) is 20.1. The Morgan fingerprint density at radius 3 is 2.30 bits per heavy atom. The number of aliphatic imine (C=N–C) groups is 1. The smallest absolute Gasteiger partial charge is 0.193 e. The molecule has 0 saturated carbocycles. The van der Waals surface area contributed by atoms with E-state index in [1.54, 1.807) is 0 Å². The molecule has 1 saturated heterocycles. The van der Waals surface area contributed by atoms with Crippen molar-refractivity contribution >= 4 is 11.7 Å². The van der Waals surface area contributed by atoms with Crippen LogP contribution >= 0.6 is 0 Å². The second-order valence-electron chi connectivity index (χ2n) is 9.37. The molecule has 0 aromatic heterocycles. The van der Waals surface area contributed by atoms with E-state index in [4.69, 9.17) is 4.74 Å². The van der Waals surface area contributed by atoms with Crippen molar-refractivity contribution in [3.63, 3.8) is 0 Å². The Kier molecular flexibility index (Phi) is 5.81. The summed E-state index contributed by atoms with van der Waals surface area (Å²) in [5.74, 6) is 2.22. The minimum Gasteiger partial charge on any atom is -0.443 e. The molecule has 27 heavy (non-hydrogen) atoms. The summed E-state index contributed by atoms with van der Waals surface area (Å²) < 4.78 is 6.37. The van der Waals surface area contributed by atoms with E-state index in [-0.39, 0.29) is 10.8 Å². The summed E-state index contributed by atoms with van der Waals surface area (Å²) in [6.07, 6.45) is 6.72. The minimum atomic E-state index is 0.205. The number of allylic oxidation sites excluding steroid dienone is 1. The van der Waals surface area contributed by atoms with Crippen molar-refractivity contribution < 1.29 is 4.74 Å². The molecule has 0 bridgehead atoms. The topological polar surface area (TPSA) is 33.6 Å². The highest BCUT2D eigenvalue weighted by Gasteiger charge is 2.37. The normalized spacial score (nSPS) is 23.0. The van der Waals surface area contributed by atoms with Crippen molar-refractivity contribution in [1.82, 2.24) is 5.32 Å². The van der Waals surface area contributed by atoms with Gasteiger partial charge >= 0.3 is 0 Å². The molecule has 148 valence electrons. The lowest BCUT2D eigenvalue weighted by atomic mass is 9.63.